The lowest BCUT2D eigenvalue weighted by atomic mass is 9.87. The summed E-state index contributed by atoms with van der Waals surface area (Å²) in [7, 11) is 0. The Morgan fingerprint density at radius 1 is 1.21 bits per heavy atom. The number of aromatic nitrogens is 2. The van der Waals surface area contributed by atoms with Crippen LogP contribution >= 0.6 is 0 Å². The van der Waals surface area contributed by atoms with Crippen LogP contribution in [0.3, 0.4) is 0 Å². The summed E-state index contributed by atoms with van der Waals surface area (Å²) in [4.78, 5) is 23.1. The van der Waals surface area contributed by atoms with Gasteiger partial charge in [-0.2, -0.15) is 5.10 Å². The van der Waals surface area contributed by atoms with Gasteiger partial charge < -0.3 is 14.8 Å². The molecule has 0 spiro atoms. The summed E-state index contributed by atoms with van der Waals surface area (Å²) in [6.45, 7) is 0.644. The number of anilines is 1. The maximum Gasteiger partial charge on any atom is 0.269 e. The second kappa shape index (κ2) is 6.62. The molecule has 0 unspecified atom stereocenters. The predicted octanol–water partition coefficient (Wildman–Crippen LogP) is 3.04. The van der Waals surface area contributed by atoms with Crippen LogP contribution in [0, 0.1) is 10.1 Å². The van der Waals surface area contributed by atoms with Gasteiger partial charge in [0.2, 0.25) is 12.7 Å². The molecule has 2 aliphatic heterocycles. The van der Waals surface area contributed by atoms with Gasteiger partial charge in [0.05, 0.1) is 17.7 Å². The zero-order valence-corrected chi connectivity index (χ0v) is 15.2. The number of non-ortho nitro benzene ring substituents is 1. The van der Waals surface area contributed by atoms with Crippen LogP contribution in [0.5, 0.6) is 11.5 Å². The van der Waals surface area contributed by atoms with Gasteiger partial charge in [-0.3, -0.25) is 14.9 Å². The highest BCUT2D eigenvalue weighted by molar-refractivity contribution is 5.94. The molecule has 0 saturated carbocycles. The molecule has 2 aromatic carbocycles. The number of nitro groups is 1. The molecule has 1 amide bonds. The molecule has 5 rings (SSSR count). The van der Waals surface area contributed by atoms with Crippen LogP contribution in [0.1, 0.15) is 29.0 Å². The monoisotopic (exact) mass is 392 g/mol. The fraction of sp³-hybridized carbons (Fsp3) is 0.200. The zero-order chi connectivity index (χ0) is 20.0. The number of nitrogens with one attached hydrogen (secondary N) is 1. The molecule has 1 atom stereocenters. The van der Waals surface area contributed by atoms with Crippen LogP contribution < -0.4 is 14.8 Å². The highest BCUT2D eigenvalue weighted by Crippen LogP contribution is 2.38. The third-order valence-electron chi connectivity index (χ3n) is 5.14. The molecular formula is C20H16N4O5. The van der Waals surface area contributed by atoms with Crippen LogP contribution in [0.15, 0.2) is 48.7 Å². The number of fused-ring (bicyclic) bond motifs is 2. The first-order valence-corrected chi connectivity index (χ1v) is 9.07. The van der Waals surface area contributed by atoms with Crippen LogP contribution in [-0.4, -0.2) is 27.4 Å². The maximum atomic E-state index is 12.4. The molecule has 3 heterocycles. The van der Waals surface area contributed by atoms with Crippen LogP contribution in [0.2, 0.25) is 0 Å². The van der Waals surface area contributed by atoms with E-state index in [-0.39, 0.29) is 30.7 Å². The van der Waals surface area contributed by atoms with Crippen molar-refractivity contribution in [3.63, 3.8) is 0 Å². The smallest absolute Gasteiger partial charge is 0.269 e. The van der Waals surface area contributed by atoms with Crippen molar-refractivity contribution in [2.24, 2.45) is 0 Å². The molecule has 0 radical (unpaired) electrons. The molecule has 0 bridgehead atoms. The first-order chi connectivity index (χ1) is 14.1. The Bertz CT molecular complexity index is 1140. The minimum absolute atomic E-state index is 0.00258. The molecule has 0 saturated heterocycles. The number of benzene rings is 2. The van der Waals surface area contributed by atoms with Crippen molar-refractivity contribution >= 4 is 17.4 Å². The van der Waals surface area contributed by atoms with Crippen molar-refractivity contribution in [3.05, 3.63) is 75.5 Å². The van der Waals surface area contributed by atoms with Gasteiger partial charge in [0.25, 0.3) is 5.69 Å². The molecular weight excluding hydrogens is 376 g/mol. The minimum Gasteiger partial charge on any atom is -0.454 e. The fourth-order valence-corrected chi connectivity index (χ4v) is 3.75. The van der Waals surface area contributed by atoms with Crippen LogP contribution in [-0.2, 0) is 11.3 Å². The van der Waals surface area contributed by atoms with E-state index in [9.17, 15) is 14.9 Å². The number of amides is 1. The molecule has 1 N–H and O–H groups in total. The lowest BCUT2D eigenvalue weighted by Gasteiger charge is -2.23. The van der Waals surface area contributed by atoms with Gasteiger partial charge in [0.1, 0.15) is 5.82 Å². The third kappa shape index (κ3) is 3.06. The van der Waals surface area contributed by atoms with E-state index >= 15 is 0 Å². The molecule has 29 heavy (non-hydrogen) atoms. The Balaban J connectivity index is 1.49. The van der Waals surface area contributed by atoms with E-state index in [1.54, 1.807) is 23.0 Å². The Kier molecular flexibility index (Phi) is 3.94. The molecule has 1 aromatic heterocycles. The number of rotatable bonds is 4. The summed E-state index contributed by atoms with van der Waals surface area (Å²) in [6, 6.07) is 12.0. The average Bonchev–Trinajstić information content (AvgIpc) is 3.34. The van der Waals surface area contributed by atoms with Gasteiger partial charge >= 0.3 is 0 Å². The third-order valence-corrected chi connectivity index (χ3v) is 5.14. The van der Waals surface area contributed by atoms with Gasteiger partial charge in [0.15, 0.2) is 11.5 Å². The number of nitro benzene ring substituents is 1. The van der Waals surface area contributed by atoms with Crippen LogP contribution in [0.25, 0.3) is 0 Å². The Morgan fingerprint density at radius 2 is 2.07 bits per heavy atom. The molecule has 0 fully saturated rings. The lowest BCUT2D eigenvalue weighted by molar-refractivity contribution is -0.384. The summed E-state index contributed by atoms with van der Waals surface area (Å²) in [5.74, 6) is 1.55. The van der Waals surface area contributed by atoms with Gasteiger partial charge in [-0.15, -0.1) is 0 Å². The van der Waals surface area contributed by atoms with E-state index in [2.05, 4.69) is 10.4 Å². The molecule has 0 aliphatic carbocycles. The zero-order valence-electron chi connectivity index (χ0n) is 15.2. The van der Waals surface area contributed by atoms with E-state index in [0.717, 1.165) is 16.7 Å². The number of hydrogen-bond donors (Lipinski definition) is 1. The lowest BCUT2D eigenvalue weighted by Crippen LogP contribution is -2.25. The number of hydrogen-bond acceptors (Lipinski definition) is 6. The van der Waals surface area contributed by atoms with E-state index in [1.807, 2.05) is 18.2 Å². The molecule has 146 valence electrons. The number of ether oxygens (including phenoxy) is 2. The van der Waals surface area contributed by atoms with E-state index < -0.39 is 4.92 Å². The van der Waals surface area contributed by atoms with Crippen molar-refractivity contribution in [1.29, 1.82) is 0 Å². The van der Waals surface area contributed by atoms with E-state index in [1.165, 1.54) is 12.1 Å². The number of carbonyl (C=O) groups is 1. The first-order valence-electron chi connectivity index (χ1n) is 9.07. The summed E-state index contributed by atoms with van der Waals surface area (Å²) in [5, 5.41) is 18.5. The molecule has 2 aliphatic rings. The largest absolute Gasteiger partial charge is 0.454 e. The standard InChI is InChI=1S/C20H16N4O5/c25-19-8-15(13-2-1-3-14(7-13)24(26)27)16-9-21-23(20(16)22-19)10-12-4-5-17-18(6-12)29-11-28-17/h1-7,9,15H,8,10-11H2,(H,22,25)/t15-/m1/s1. The summed E-state index contributed by atoms with van der Waals surface area (Å²) >= 11 is 0. The minimum atomic E-state index is -0.434. The number of carbonyl (C=O) groups excluding carboxylic acids is 1. The number of nitrogens with zero attached hydrogens (tertiary/aromatic N) is 3. The van der Waals surface area contributed by atoms with Crippen molar-refractivity contribution in [2.45, 2.75) is 18.9 Å². The normalized spacial score (nSPS) is 17.0. The second-order valence-electron chi connectivity index (χ2n) is 6.95. The van der Waals surface area contributed by atoms with Gasteiger partial charge in [-0.25, -0.2) is 4.68 Å². The van der Waals surface area contributed by atoms with Crippen molar-refractivity contribution < 1.29 is 19.2 Å². The topological polar surface area (TPSA) is 109 Å². The Hall–Kier alpha value is -3.88. The highest BCUT2D eigenvalue weighted by atomic mass is 16.7. The van der Waals surface area contributed by atoms with Gasteiger partial charge in [-0.05, 0) is 23.3 Å². The quantitative estimate of drug-likeness (QED) is 0.540. The Morgan fingerprint density at radius 3 is 2.93 bits per heavy atom. The van der Waals surface area contributed by atoms with Gasteiger partial charge in [-0.1, -0.05) is 18.2 Å². The summed E-state index contributed by atoms with van der Waals surface area (Å²) in [6.07, 6.45) is 1.93. The predicted molar refractivity (Wildman–Crippen MR) is 102 cm³/mol. The summed E-state index contributed by atoms with van der Waals surface area (Å²) < 4.78 is 12.5. The molecule has 9 heteroatoms. The van der Waals surface area contributed by atoms with Crippen molar-refractivity contribution in [1.82, 2.24) is 9.78 Å². The van der Waals surface area contributed by atoms with E-state index in [0.29, 0.717) is 23.9 Å². The maximum absolute atomic E-state index is 12.4. The van der Waals surface area contributed by atoms with Crippen molar-refractivity contribution in [3.8, 4) is 11.5 Å². The Labute approximate surface area is 165 Å². The average molecular weight is 392 g/mol. The summed E-state index contributed by atoms with van der Waals surface area (Å²) in [5.41, 5.74) is 2.51. The molecule has 9 nitrogen and oxygen atoms in total. The van der Waals surface area contributed by atoms with E-state index in [4.69, 9.17) is 9.47 Å². The highest BCUT2D eigenvalue weighted by Gasteiger charge is 2.30. The SMILES string of the molecule is O=C1C[C@H](c2cccc([N+](=O)[O-])c2)c2cnn(Cc3ccc4c(c3)OCO4)c2N1. The van der Waals surface area contributed by atoms with Crippen molar-refractivity contribution in [2.75, 3.05) is 12.1 Å². The second-order valence-corrected chi connectivity index (χ2v) is 6.95. The van der Waals surface area contributed by atoms with Gasteiger partial charge in [0, 0.05) is 30.0 Å². The molecule has 3 aromatic rings. The first kappa shape index (κ1) is 17.2. The van der Waals surface area contributed by atoms with Crippen LogP contribution in [0.4, 0.5) is 11.5 Å². The fourth-order valence-electron chi connectivity index (χ4n) is 3.75.